The third-order valence-corrected chi connectivity index (χ3v) is 4.44. The Morgan fingerprint density at radius 3 is 2.14 bits per heavy atom. The summed E-state index contributed by atoms with van der Waals surface area (Å²) in [5.74, 6) is 1.30. The van der Waals surface area contributed by atoms with Gasteiger partial charge in [0.05, 0.1) is 6.61 Å². The molecule has 0 saturated carbocycles. The first kappa shape index (κ1) is 21.5. The Morgan fingerprint density at radius 2 is 1.50 bits per heavy atom. The lowest BCUT2D eigenvalue weighted by Crippen LogP contribution is -2.13. The zero-order chi connectivity index (χ0) is 16.6. The van der Waals surface area contributed by atoms with Crippen LogP contribution in [0, 0.1) is 11.8 Å². The van der Waals surface area contributed by atoms with E-state index in [2.05, 4.69) is 27.7 Å². The van der Waals surface area contributed by atoms with E-state index < -0.39 is 0 Å². The zero-order valence-electron chi connectivity index (χ0n) is 15.7. The second-order valence-electron chi connectivity index (χ2n) is 7.15. The minimum absolute atomic E-state index is 0.00477. The fourth-order valence-electron chi connectivity index (χ4n) is 2.72. The van der Waals surface area contributed by atoms with Gasteiger partial charge in [0.1, 0.15) is 0 Å². The Balaban J connectivity index is 3.56. The van der Waals surface area contributed by atoms with E-state index in [1.165, 1.54) is 51.4 Å². The van der Waals surface area contributed by atoms with Crippen LogP contribution in [0.2, 0.25) is 0 Å². The van der Waals surface area contributed by atoms with Crippen LogP contribution in [-0.4, -0.2) is 12.6 Å². The molecule has 2 heteroatoms. The van der Waals surface area contributed by atoms with Gasteiger partial charge in [-0.3, -0.25) is 4.79 Å². The summed E-state index contributed by atoms with van der Waals surface area (Å²) in [5, 5.41) is 0. The van der Waals surface area contributed by atoms with Crippen molar-refractivity contribution in [2.24, 2.45) is 11.8 Å². The number of rotatable bonds is 15. The summed E-state index contributed by atoms with van der Waals surface area (Å²) < 4.78 is 5.46. The molecule has 22 heavy (non-hydrogen) atoms. The highest BCUT2D eigenvalue weighted by Gasteiger charge is 2.10. The molecule has 0 N–H and O–H groups in total. The highest BCUT2D eigenvalue weighted by molar-refractivity contribution is 5.69. The third-order valence-electron chi connectivity index (χ3n) is 4.44. The van der Waals surface area contributed by atoms with Gasteiger partial charge in [-0.25, -0.2) is 0 Å². The Bertz CT molecular complexity index is 248. The topological polar surface area (TPSA) is 26.3 Å². The maximum Gasteiger partial charge on any atom is 0.305 e. The summed E-state index contributed by atoms with van der Waals surface area (Å²) in [4.78, 5) is 11.7. The van der Waals surface area contributed by atoms with Crippen molar-refractivity contribution in [3.63, 3.8) is 0 Å². The number of carbonyl (C=O) groups excluding carboxylic acids is 1. The smallest absolute Gasteiger partial charge is 0.305 e. The van der Waals surface area contributed by atoms with Gasteiger partial charge in [0.2, 0.25) is 0 Å². The van der Waals surface area contributed by atoms with Crippen LogP contribution in [0.15, 0.2) is 0 Å². The highest BCUT2D eigenvalue weighted by Crippen LogP contribution is 2.16. The number of hydrogen-bond donors (Lipinski definition) is 0. The summed E-state index contributed by atoms with van der Waals surface area (Å²) in [7, 11) is 0. The summed E-state index contributed by atoms with van der Waals surface area (Å²) in [6, 6.07) is 0. The van der Waals surface area contributed by atoms with E-state index in [1.807, 2.05) is 0 Å². The minimum atomic E-state index is 0.00477. The first-order chi connectivity index (χ1) is 10.6. The molecule has 2 nitrogen and oxygen atoms in total. The predicted octanol–water partition coefficient (Wildman–Crippen LogP) is 6.52. The van der Waals surface area contributed by atoms with E-state index in [0.29, 0.717) is 18.9 Å². The van der Waals surface area contributed by atoms with Crippen LogP contribution in [0.4, 0.5) is 0 Å². The van der Waals surface area contributed by atoms with Gasteiger partial charge in [0.15, 0.2) is 0 Å². The van der Waals surface area contributed by atoms with Crippen molar-refractivity contribution < 1.29 is 9.53 Å². The van der Waals surface area contributed by atoms with Crippen LogP contribution in [-0.2, 0) is 9.53 Å². The number of ether oxygens (including phenoxy) is 1. The molecule has 0 heterocycles. The summed E-state index contributed by atoms with van der Waals surface area (Å²) in [6.45, 7) is 9.55. The molecule has 0 bridgehead atoms. The van der Waals surface area contributed by atoms with Gasteiger partial charge < -0.3 is 4.74 Å². The molecule has 0 fully saturated rings. The van der Waals surface area contributed by atoms with Crippen LogP contribution in [0.1, 0.15) is 105 Å². The summed E-state index contributed by atoms with van der Waals surface area (Å²) >= 11 is 0. The molecule has 0 amide bonds. The van der Waals surface area contributed by atoms with E-state index in [0.717, 1.165) is 25.2 Å². The highest BCUT2D eigenvalue weighted by atomic mass is 16.5. The molecule has 0 saturated heterocycles. The molecule has 0 spiro atoms. The molecule has 0 aromatic carbocycles. The van der Waals surface area contributed by atoms with Crippen LogP contribution >= 0.6 is 0 Å². The average molecular weight is 313 g/mol. The molecule has 1 atom stereocenters. The monoisotopic (exact) mass is 312 g/mol. The number of unbranched alkanes of at least 4 members (excludes halogenated alkanes) is 6. The molecule has 0 radical (unpaired) electrons. The van der Waals surface area contributed by atoms with E-state index in [9.17, 15) is 4.79 Å². The van der Waals surface area contributed by atoms with E-state index in [1.54, 1.807) is 0 Å². The fourth-order valence-corrected chi connectivity index (χ4v) is 2.72. The minimum Gasteiger partial charge on any atom is -0.465 e. The van der Waals surface area contributed by atoms with Crippen molar-refractivity contribution in [3.8, 4) is 0 Å². The van der Waals surface area contributed by atoms with Gasteiger partial charge >= 0.3 is 5.97 Å². The number of carbonyl (C=O) groups is 1. The van der Waals surface area contributed by atoms with Crippen molar-refractivity contribution in [1.82, 2.24) is 0 Å². The van der Waals surface area contributed by atoms with E-state index >= 15 is 0 Å². The van der Waals surface area contributed by atoms with Gasteiger partial charge in [-0.05, 0) is 24.7 Å². The lowest BCUT2D eigenvalue weighted by Gasteiger charge is -2.15. The predicted molar refractivity (Wildman–Crippen MR) is 96.0 cm³/mol. The second-order valence-corrected chi connectivity index (χ2v) is 7.15. The van der Waals surface area contributed by atoms with Crippen LogP contribution < -0.4 is 0 Å². The molecule has 1 unspecified atom stereocenters. The van der Waals surface area contributed by atoms with Gasteiger partial charge in [0, 0.05) is 6.42 Å². The van der Waals surface area contributed by atoms with Gasteiger partial charge in [-0.2, -0.15) is 0 Å². The van der Waals surface area contributed by atoms with Gasteiger partial charge in [0.25, 0.3) is 0 Å². The van der Waals surface area contributed by atoms with Crippen LogP contribution in [0.25, 0.3) is 0 Å². The first-order valence-corrected chi connectivity index (χ1v) is 9.75. The molecule has 0 aliphatic heterocycles. The Hall–Kier alpha value is -0.530. The van der Waals surface area contributed by atoms with Crippen molar-refractivity contribution in [3.05, 3.63) is 0 Å². The number of esters is 1. The molecule has 0 aromatic rings. The molecule has 0 rings (SSSR count). The summed E-state index contributed by atoms with van der Waals surface area (Å²) in [5.41, 5.74) is 0. The molecule has 0 aliphatic rings. The SMILES string of the molecule is CCCCCCCCC(CC)COC(=O)CCCCC(C)C. The second kappa shape index (κ2) is 15.4. The van der Waals surface area contributed by atoms with Gasteiger partial charge in [-0.1, -0.05) is 85.5 Å². The molecular formula is C20H40O2. The molecular weight excluding hydrogens is 272 g/mol. The van der Waals surface area contributed by atoms with E-state index in [-0.39, 0.29) is 5.97 Å². The lowest BCUT2D eigenvalue weighted by molar-refractivity contribution is -0.145. The summed E-state index contributed by atoms with van der Waals surface area (Å²) in [6.07, 6.45) is 14.3. The molecule has 0 aromatic heterocycles. The fraction of sp³-hybridized carbons (Fsp3) is 0.950. The normalized spacial score (nSPS) is 12.6. The zero-order valence-corrected chi connectivity index (χ0v) is 15.7. The standard InChI is InChI=1S/C20H40O2/c1-5-7-8-9-10-11-15-19(6-2)17-22-20(21)16-13-12-14-18(3)4/h18-19H,5-17H2,1-4H3. The molecule has 132 valence electrons. The third kappa shape index (κ3) is 14.4. The molecule has 0 aliphatic carbocycles. The Labute approximate surface area is 139 Å². The van der Waals surface area contributed by atoms with Crippen LogP contribution in [0.5, 0.6) is 0 Å². The average Bonchev–Trinajstić information content (AvgIpc) is 2.50. The maximum atomic E-state index is 11.7. The largest absolute Gasteiger partial charge is 0.465 e. The van der Waals surface area contributed by atoms with Gasteiger partial charge in [-0.15, -0.1) is 0 Å². The Kier molecular flexibility index (Phi) is 15.0. The van der Waals surface area contributed by atoms with Crippen LogP contribution in [0.3, 0.4) is 0 Å². The van der Waals surface area contributed by atoms with Crippen molar-refractivity contribution in [1.29, 1.82) is 0 Å². The Morgan fingerprint density at radius 1 is 0.864 bits per heavy atom. The maximum absolute atomic E-state index is 11.7. The first-order valence-electron chi connectivity index (χ1n) is 9.75. The lowest BCUT2D eigenvalue weighted by atomic mass is 9.98. The van der Waals surface area contributed by atoms with E-state index in [4.69, 9.17) is 4.74 Å². The van der Waals surface area contributed by atoms with Crippen molar-refractivity contribution in [2.45, 2.75) is 105 Å². The number of hydrogen-bond acceptors (Lipinski definition) is 2. The quantitative estimate of drug-likeness (QED) is 0.254. The van der Waals surface area contributed by atoms with Crippen molar-refractivity contribution in [2.75, 3.05) is 6.61 Å². The van der Waals surface area contributed by atoms with Crippen molar-refractivity contribution >= 4 is 5.97 Å².